The van der Waals surface area contributed by atoms with Crippen LogP contribution in [0.2, 0.25) is 0 Å². The van der Waals surface area contributed by atoms with Gasteiger partial charge in [-0.3, -0.25) is 9.59 Å². The van der Waals surface area contributed by atoms with Crippen molar-refractivity contribution in [1.82, 2.24) is 14.8 Å². The van der Waals surface area contributed by atoms with Crippen LogP contribution >= 0.6 is 0 Å². The molecule has 2 amide bonds. The number of fused-ring (bicyclic) bond motifs is 1. The van der Waals surface area contributed by atoms with Crippen molar-refractivity contribution >= 4 is 28.4 Å². The average Bonchev–Trinajstić information content (AvgIpc) is 2.99. The maximum Gasteiger partial charge on any atom is 0.313 e. The molecule has 0 radical (unpaired) electrons. The fourth-order valence-corrected chi connectivity index (χ4v) is 3.19. The fourth-order valence-electron chi connectivity index (χ4n) is 3.19. The van der Waals surface area contributed by atoms with E-state index in [9.17, 15) is 9.59 Å². The van der Waals surface area contributed by atoms with Crippen molar-refractivity contribution in [3.8, 4) is 0 Å². The molecule has 0 aliphatic carbocycles. The summed E-state index contributed by atoms with van der Waals surface area (Å²) < 4.78 is 2.07. The molecule has 0 spiro atoms. The van der Waals surface area contributed by atoms with Crippen molar-refractivity contribution in [2.45, 2.75) is 6.04 Å². The van der Waals surface area contributed by atoms with Crippen LogP contribution < -0.4 is 10.6 Å². The van der Waals surface area contributed by atoms with Gasteiger partial charge in [-0.25, -0.2) is 0 Å². The number of hydrogen-bond donors (Lipinski definition) is 2. The summed E-state index contributed by atoms with van der Waals surface area (Å²) in [6, 6.07) is 17.0. The third-order valence-corrected chi connectivity index (χ3v) is 4.60. The van der Waals surface area contributed by atoms with E-state index in [1.54, 1.807) is 24.3 Å². The number of aryl methyl sites for hydroxylation is 1. The van der Waals surface area contributed by atoms with Gasteiger partial charge in [-0.2, -0.15) is 0 Å². The van der Waals surface area contributed by atoms with Gasteiger partial charge < -0.3 is 20.1 Å². The summed E-state index contributed by atoms with van der Waals surface area (Å²) in [7, 11) is 5.93. The Labute approximate surface area is 158 Å². The molecular weight excluding hydrogens is 340 g/mol. The van der Waals surface area contributed by atoms with Gasteiger partial charge in [0.15, 0.2) is 0 Å². The maximum atomic E-state index is 12.2. The first-order chi connectivity index (χ1) is 13.0. The van der Waals surface area contributed by atoms with Gasteiger partial charge in [0.05, 0.1) is 6.04 Å². The number of carbonyl (C=O) groups is 2. The predicted octanol–water partition coefficient (Wildman–Crippen LogP) is 2.54. The number of nitrogens with one attached hydrogen (secondary N) is 2. The second-order valence-electron chi connectivity index (χ2n) is 6.72. The van der Waals surface area contributed by atoms with Crippen molar-refractivity contribution in [1.29, 1.82) is 0 Å². The summed E-state index contributed by atoms with van der Waals surface area (Å²) in [6.45, 7) is 0.335. The second-order valence-corrected chi connectivity index (χ2v) is 6.72. The van der Waals surface area contributed by atoms with Crippen molar-refractivity contribution in [2.75, 3.05) is 26.0 Å². The molecule has 3 rings (SSSR count). The van der Waals surface area contributed by atoms with Crippen LogP contribution in [0.4, 0.5) is 5.69 Å². The minimum atomic E-state index is -0.670. The highest BCUT2D eigenvalue weighted by Crippen LogP contribution is 2.28. The summed E-state index contributed by atoms with van der Waals surface area (Å²) in [5.74, 6) is -1.32. The first-order valence-electron chi connectivity index (χ1n) is 8.82. The number of carbonyl (C=O) groups excluding carboxylic acids is 2. The molecule has 0 fully saturated rings. The molecule has 0 aliphatic heterocycles. The van der Waals surface area contributed by atoms with Crippen molar-refractivity contribution in [3.63, 3.8) is 0 Å². The highest BCUT2D eigenvalue weighted by atomic mass is 16.2. The minimum Gasteiger partial charge on any atom is -0.350 e. The van der Waals surface area contributed by atoms with Crippen LogP contribution in [0.1, 0.15) is 11.6 Å². The quantitative estimate of drug-likeness (QED) is 0.684. The summed E-state index contributed by atoms with van der Waals surface area (Å²) in [5.41, 5.74) is 2.84. The molecule has 2 aromatic carbocycles. The molecule has 6 heteroatoms. The van der Waals surface area contributed by atoms with Crippen LogP contribution in [0.25, 0.3) is 10.9 Å². The molecule has 27 heavy (non-hydrogen) atoms. The van der Waals surface area contributed by atoms with Gasteiger partial charge in [-0.1, -0.05) is 36.4 Å². The number of rotatable bonds is 5. The van der Waals surface area contributed by atoms with Crippen LogP contribution in [0.3, 0.4) is 0 Å². The molecule has 0 aliphatic rings. The molecule has 1 aromatic heterocycles. The molecule has 140 valence electrons. The molecular formula is C21H24N4O2. The Morgan fingerprint density at radius 3 is 2.37 bits per heavy atom. The summed E-state index contributed by atoms with van der Waals surface area (Å²) >= 11 is 0. The Kier molecular flexibility index (Phi) is 5.57. The number of hydrogen-bond acceptors (Lipinski definition) is 3. The van der Waals surface area contributed by atoms with Crippen LogP contribution in [-0.4, -0.2) is 41.9 Å². The standard InChI is InChI=1S/C21H24N4O2/c1-24(2)19(17-14-25(3)18-12-8-7-11-16(17)18)13-22-20(26)21(27)23-15-9-5-4-6-10-15/h4-12,14,19H,13H2,1-3H3,(H,22,26)(H,23,27). The normalized spacial score (nSPS) is 12.1. The van der Waals surface area contributed by atoms with E-state index in [-0.39, 0.29) is 6.04 Å². The second kappa shape index (κ2) is 8.05. The monoisotopic (exact) mass is 364 g/mol. The van der Waals surface area contributed by atoms with E-state index in [2.05, 4.69) is 33.5 Å². The Balaban J connectivity index is 1.71. The number of amides is 2. The van der Waals surface area contributed by atoms with Gasteiger partial charge in [-0.15, -0.1) is 0 Å². The van der Waals surface area contributed by atoms with E-state index in [4.69, 9.17) is 0 Å². The maximum absolute atomic E-state index is 12.2. The van der Waals surface area contributed by atoms with Gasteiger partial charge >= 0.3 is 11.8 Å². The van der Waals surface area contributed by atoms with Gasteiger partial charge in [0.25, 0.3) is 0 Å². The summed E-state index contributed by atoms with van der Waals surface area (Å²) in [6.07, 6.45) is 2.07. The molecule has 0 saturated carbocycles. The zero-order valence-electron chi connectivity index (χ0n) is 15.8. The zero-order valence-corrected chi connectivity index (χ0v) is 15.8. The molecule has 1 atom stereocenters. The van der Waals surface area contributed by atoms with Crippen LogP contribution in [0, 0.1) is 0 Å². The molecule has 6 nitrogen and oxygen atoms in total. The highest BCUT2D eigenvalue weighted by Gasteiger charge is 2.22. The number of anilines is 1. The highest BCUT2D eigenvalue weighted by molar-refractivity contribution is 6.39. The number of benzene rings is 2. The van der Waals surface area contributed by atoms with Gasteiger partial charge in [0, 0.05) is 36.4 Å². The molecule has 2 N–H and O–H groups in total. The van der Waals surface area contributed by atoms with Crippen LogP contribution in [0.5, 0.6) is 0 Å². The molecule has 3 aromatic rings. The number of likely N-dealkylation sites (N-methyl/N-ethyl adjacent to an activating group) is 1. The lowest BCUT2D eigenvalue weighted by Crippen LogP contribution is -2.40. The predicted molar refractivity (Wildman–Crippen MR) is 107 cm³/mol. The first kappa shape index (κ1) is 18.7. The number of nitrogens with zero attached hydrogens (tertiary/aromatic N) is 2. The SMILES string of the molecule is CN(C)C(CNC(=O)C(=O)Nc1ccccc1)c1cn(C)c2ccccc12. The Hall–Kier alpha value is -3.12. The smallest absolute Gasteiger partial charge is 0.313 e. The molecule has 1 heterocycles. The van der Waals surface area contributed by atoms with E-state index >= 15 is 0 Å². The Bertz CT molecular complexity index is 947. The topological polar surface area (TPSA) is 66.4 Å². The van der Waals surface area contributed by atoms with E-state index in [1.807, 2.05) is 44.2 Å². The lowest BCUT2D eigenvalue weighted by molar-refractivity contribution is -0.136. The van der Waals surface area contributed by atoms with Gasteiger partial charge in [-0.05, 0) is 37.9 Å². The van der Waals surface area contributed by atoms with E-state index < -0.39 is 11.8 Å². The van der Waals surface area contributed by atoms with Crippen molar-refractivity contribution in [3.05, 3.63) is 66.4 Å². The fraction of sp³-hybridized carbons (Fsp3) is 0.238. The van der Waals surface area contributed by atoms with Crippen molar-refractivity contribution < 1.29 is 9.59 Å². The largest absolute Gasteiger partial charge is 0.350 e. The molecule has 0 bridgehead atoms. The average molecular weight is 364 g/mol. The van der Waals surface area contributed by atoms with E-state index in [0.29, 0.717) is 12.2 Å². The van der Waals surface area contributed by atoms with Crippen LogP contribution in [-0.2, 0) is 16.6 Å². The number of para-hydroxylation sites is 2. The summed E-state index contributed by atoms with van der Waals surface area (Å²) in [4.78, 5) is 26.4. The lowest BCUT2D eigenvalue weighted by Gasteiger charge is -2.24. The van der Waals surface area contributed by atoms with Gasteiger partial charge in [0.2, 0.25) is 0 Å². The van der Waals surface area contributed by atoms with E-state index in [0.717, 1.165) is 16.5 Å². The third kappa shape index (κ3) is 4.17. The van der Waals surface area contributed by atoms with Gasteiger partial charge in [0.1, 0.15) is 0 Å². The molecule has 1 unspecified atom stereocenters. The third-order valence-electron chi connectivity index (χ3n) is 4.60. The van der Waals surface area contributed by atoms with Crippen molar-refractivity contribution in [2.24, 2.45) is 7.05 Å². The Morgan fingerprint density at radius 1 is 1.00 bits per heavy atom. The lowest BCUT2D eigenvalue weighted by atomic mass is 10.0. The Morgan fingerprint density at radius 2 is 1.67 bits per heavy atom. The zero-order chi connectivity index (χ0) is 19.4. The minimum absolute atomic E-state index is 0.0513. The van der Waals surface area contributed by atoms with Crippen LogP contribution in [0.15, 0.2) is 60.8 Å². The first-order valence-corrected chi connectivity index (χ1v) is 8.82. The summed E-state index contributed by atoms with van der Waals surface area (Å²) in [5, 5.41) is 6.49. The van der Waals surface area contributed by atoms with E-state index in [1.165, 1.54) is 0 Å². The number of aromatic nitrogens is 1. The molecule has 0 saturated heterocycles.